The number of benzene rings is 1. The van der Waals surface area contributed by atoms with Crippen molar-refractivity contribution in [2.45, 2.75) is 12.6 Å². The molecule has 3 N–H and O–H groups in total. The summed E-state index contributed by atoms with van der Waals surface area (Å²) in [5.74, 6) is 0. The van der Waals surface area contributed by atoms with Crippen LogP contribution >= 0.6 is 11.6 Å². The maximum atomic E-state index is 9.59. The lowest BCUT2D eigenvalue weighted by atomic mass is 10.2. The first-order valence-corrected chi connectivity index (χ1v) is 5.80. The smallest absolute Gasteiger partial charge is 0.0900 e. The molecule has 0 aliphatic rings. The Labute approximate surface area is 107 Å². The molecule has 0 amide bonds. The topological polar surface area (TPSA) is 58.7 Å². The van der Waals surface area contributed by atoms with E-state index in [0.29, 0.717) is 30.4 Å². The molecule has 1 unspecified atom stereocenters. The van der Waals surface area contributed by atoms with E-state index in [1.54, 1.807) is 13.2 Å². The van der Waals surface area contributed by atoms with Gasteiger partial charge in [0, 0.05) is 30.9 Å². The molecule has 0 aliphatic heterocycles. The quantitative estimate of drug-likeness (QED) is 0.757. The molecule has 0 bridgehead atoms. The normalized spacial score (nSPS) is 13.0. The van der Waals surface area contributed by atoms with E-state index < -0.39 is 6.10 Å². The summed E-state index contributed by atoms with van der Waals surface area (Å²) in [5.41, 5.74) is 7.27. The molecule has 96 valence electrons. The van der Waals surface area contributed by atoms with Gasteiger partial charge in [-0.3, -0.25) is 4.90 Å². The average Bonchev–Trinajstić information content (AvgIpc) is 2.22. The summed E-state index contributed by atoms with van der Waals surface area (Å²) < 4.78 is 4.87. The van der Waals surface area contributed by atoms with Crippen LogP contribution in [-0.2, 0) is 11.3 Å². The molecule has 1 aromatic carbocycles. The fraction of sp³-hybridized carbons (Fsp3) is 0.500. The molecule has 0 radical (unpaired) electrons. The van der Waals surface area contributed by atoms with E-state index in [1.807, 2.05) is 24.1 Å². The molecular formula is C12H19ClN2O2. The number of aliphatic hydroxyl groups excluding tert-OH is 1. The molecular weight excluding hydrogens is 240 g/mol. The van der Waals surface area contributed by atoms with Crippen LogP contribution in [0, 0.1) is 0 Å². The lowest BCUT2D eigenvalue weighted by molar-refractivity contribution is 0.0419. The highest BCUT2D eigenvalue weighted by Gasteiger charge is 2.10. The maximum Gasteiger partial charge on any atom is 0.0900 e. The number of nitrogens with zero attached hydrogens (tertiary/aromatic N) is 1. The highest BCUT2D eigenvalue weighted by molar-refractivity contribution is 6.31. The van der Waals surface area contributed by atoms with Gasteiger partial charge in [-0.2, -0.15) is 0 Å². The number of methoxy groups -OCH3 is 1. The summed E-state index contributed by atoms with van der Waals surface area (Å²) in [6.07, 6.45) is -0.488. The van der Waals surface area contributed by atoms with Crippen molar-refractivity contribution in [3.8, 4) is 0 Å². The highest BCUT2D eigenvalue weighted by Crippen LogP contribution is 2.20. The second-order valence-electron chi connectivity index (χ2n) is 4.16. The van der Waals surface area contributed by atoms with E-state index in [0.717, 1.165) is 5.56 Å². The second kappa shape index (κ2) is 6.81. The number of ether oxygens (including phenoxy) is 1. The van der Waals surface area contributed by atoms with E-state index in [9.17, 15) is 5.11 Å². The van der Waals surface area contributed by atoms with Crippen LogP contribution in [-0.4, -0.2) is 43.4 Å². The Morgan fingerprint density at radius 3 is 2.82 bits per heavy atom. The molecule has 5 heteroatoms. The summed E-state index contributed by atoms with van der Waals surface area (Å²) >= 11 is 6.08. The average molecular weight is 259 g/mol. The molecule has 0 saturated carbocycles. The van der Waals surface area contributed by atoms with Crippen molar-refractivity contribution in [1.82, 2.24) is 4.90 Å². The Bertz CT molecular complexity index is 360. The molecule has 17 heavy (non-hydrogen) atoms. The van der Waals surface area contributed by atoms with Gasteiger partial charge in [0.05, 0.1) is 12.7 Å². The molecule has 1 atom stereocenters. The van der Waals surface area contributed by atoms with Crippen LogP contribution in [0.15, 0.2) is 18.2 Å². The zero-order chi connectivity index (χ0) is 12.8. The zero-order valence-electron chi connectivity index (χ0n) is 10.2. The number of halogens is 1. The van der Waals surface area contributed by atoms with Crippen molar-refractivity contribution in [3.63, 3.8) is 0 Å². The number of hydrogen-bond donors (Lipinski definition) is 2. The Morgan fingerprint density at radius 1 is 1.53 bits per heavy atom. The molecule has 0 heterocycles. The van der Waals surface area contributed by atoms with Gasteiger partial charge in [0.25, 0.3) is 0 Å². The number of anilines is 1. The predicted octanol–water partition coefficient (Wildman–Crippen LogP) is 1.36. The minimum absolute atomic E-state index is 0.333. The summed E-state index contributed by atoms with van der Waals surface area (Å²) in [5, 5.41) is 10.2. The van der Waals surface area contributed by atoms with Gasteiger partial charge in [-0.15, -0.1) is 0 Å². The van der Waals surface area contributed by atoms with Gasteiger partial charge in [0.1, 0.15) is 0 Å². The molecule has 0 fully saturated rings. The van der Waals surface area contributed by atoms with E-state index in [2.05, 4.69) is 0 Å². The molecule has 4 nitrogen and oxygen atoms in total. The lowest BCUT2D eigenvalue weighted by Gasteiger charge is -2.20. The van der Waals surface area contributed by atoms with E-state index >= 15 is 0 Å². The van der Waals surface area contributed by atoms with Gasteiger partial charge >= 0.3 is 0 Å². The molecule has 0 aliphatic carbocycles. The van der Waals surface area contributed by atoms with Crippen LogP contribution in [0.25, 0.3) is 0 Å². The third kappa shape index (κ3) is 4.91. The van der Waals surface area contributed by atoms with Gasteiger partial charge in [-0.1, -0.05) is 17.7 Å². The van der Waals surface area contributed by atoms with E-state index in [4.69, 9.17) is 22.1 Å². The van der Waals surface area contributed by atoms with Crippen molar-refractivity contribution in [1.29, 1.82) is 0 Å². The van der Waals surface area contributed by atoms with Crippen LogP contribution in [0.2, 0.25) is 5.02 Å². The SMILES string of the molecule is COCC(O)CN(C)Cc1ccc(N)cc1Cl. The van der Waals surface area contributed by atoms with E-state index in [-0.39, 0.29) is 0 Å². The zero-order valence-corrected chi connectivity index (χ0v) is 10.9. The van der Waals surface area contributed by atoms with Gasteiger partial charge in [0.2, 0.25) is 0 Å². The summed E-state index contributed by atoms with van der Waals surface area (Å²) in [7, 11) is 3.49. The summed E-state index contributed by atoms with van der Waals surface area (Å²) in [4.78, 5) is 1.99. The number of nitrogens with two attached hydrogens (primary N) is 1. The first-order chi connectivity index (χ1) is 8.02. The highest BCUT2D eigenvalue weighted by atomic mass is 35.5. The minimum Gasteiger partial charge on any atom is -0.399 e. The Hall–Kier alpha value is -0.810. The summed E-state index contributed by atoms with van der Waals surface area (Å²) in [6, 6.07) is 5.45. The molecule has 0 aromatic heterocycles. The van der Waals surface area contributed by atoms with Crippen LogP contribution in [0.4, 0.5) is 5.69 Å². The standard InChI is InChI=1S/C12H19ClN2O2/c1-15(7-11(16)8-17-2)6-9-3-4-10(14)5-12(9)13/h3-5,11,16H,6-8,14H2,1-2H3. The number of likely N-dealkylation sites (N-methyl/N-ethyl adjacent to an activating group) is 1. The maximum absolute atomic E-state index is 9.59. The van der Waals surface area contributed by atoms with Gasteiger partial charge in [-0.25, -0.2) is 0 Å². The minimum atomic E-state index is -0.488. The van der Waals surface area contributed by atoms with Crippen LogP contribution < -0.4 is 5.73 Å². The molecule has 1 aromatic rings. The van der Waals surface area contributed by atoms with Crippen LogP contribution in [0.5, 0.6) is 0 Å². The largest absolute Gasteiger partial charge is 0.399 e. The molecule has 0 spiro atoms. The third-order valence-corrected chi connectivity index (χ3v) is 2.75. The van der Waals surface area contributed by atoms with Crippen molar-refractivity contribution in [2.75, 3.05) is 33.0 Å². The van der Waals surface area contributed by atoms with Gasteiger partial charge in [-0.05, 0) is 24.7 Å². The molecule has 1 rings (SSSR count). The predicted molar refractivity (Wildman–Crippen MR) is 70.1 cm³/mol. The summed E-state index contributed by atoms with van der Waals surface area (Å²) in [6.45, 7) is 1.54. The van der Waals surface area contributed by atoms with Crippen molar-refractivity contribution >= 4 is 17.3 Å². The first-order valence-electron chi connectivity index (χ1n) is 5.42. The van der Waals surface area contributed by atoms with Crippen molar-refractivity contribution in [2.24, 2.45) is 0 Å². The first kappa shape index (κ1) is 14.3. The number of nitrogen functional groups attached to an aromatic ring is 1. The van der Waals surface area contributed by atoms with Gasteiger partial charge in [0.15, 0.2) is 0 Å². The van der Waals surface area contributed by atoms with Crippen LogP contribution in [0.1, 0.15) is 5.56 Å². The monoisotopic (exact) mass is 258 g/mol. The second-order valence-corrected chi connectivity index (χ2v) is 4.56. The fourth-order valence-corrected chi connectivity index (χ4v) is 1.90. The van der Waals surface area contributed by atoms with E-state index in [1.165, 1.54) is 0 Å². The Morgan fingerprint density at radius 2 is 2.24 bits per heavy atom. The Balaban J connectivity index is 2.52. The molecule has 0 saturated heterocycles. The third-order valence-electron chi connectivity index (χ3n) is 2.40. The number of hydrogen-bond acceptors (Lipinski definition) is 4. The number of rotatable bonds is 6. The number of aliphatic hydroxyl groups is 1. The van der Waals surface area contributed by atoms with Gasteiger partial charge < -0.3 is 15.6 Å². The van der Waals surface area contributed by atoms with Crippen molar-refractivity contribution < 1.29 is 9.84 Å². The van der Waals surface area contributed by atoms with Crippen LogP contribution in [0.3, 0.4) is 0 Å². The Kier molecular flexibility index (Phi) is 5.71. The lowest BCUT2D eigenvalue weighted by Crippen LogP contribution is -2.31. The van der Waals surface area contributed by atoms with Crippen molar-refractivity contribution in [3.05, 3.63) is 28.8 Å². The fourth-order valence-electron chi connectivity index (χ4n) is 1.65.